The molecule has 1 N–H and O–H groups in total. The number of carbonyl (C=O) groups excluding carboxylic acids is 2. The van der Waals surface area contributed by atoms with Gasteiger partial charge in [-0.15, -0.1) is 0 Å². The number of amides is 2. The van der Waals surface area contributed by atoms with E-state index in [0.717, 1.165) is 11.6 Å². The zero-order chi connectivity index (χ0) is 23.5. The summed E-state index contributed by atoms with van der Waals surface area (Å²) in [6.07, 6.45) is -4.41. The summed E-state index contributed by atoms with van der Waals surface area (Å²) in [6.45, 7) is 0.512. The highest BCUT2D eigenvalue weighted by atomic mass is 19.4. The predicted molar refractivity (Wildman–Crippen MR) is 108 cm³/mol. The lowest BCUT2D eigenvalue weighted by molar-refractivity contribution is -0.140. The van der Waals surface area contributed by atoms with Crippen LogP contribution in [0, 0.1) is 11.7 Å². The van der Waals surface area contributed by atoms with E-state index in [1.807, 2.05) is 6.07 Å². The molecule has 1 aliphatic heterocycles. The SMILES string of the molecule is COc1ccc(CCN2CC(C(=O)Nc3ccc(F)c(C(F)(F)F)c3)CC2=O)cc1OC. The third-order valence-electron chi connectivity index (χ3n) is 5.24. The number of nitrogens with one attached hydrogen (secondary N) is 1. The minimum atomic E-state index is -4.88. The van der Waals surface area contributed by atoms with Gasteiger partial charge in [0.1, 0.15) is 5.82 Å². The van der Waals surface area contributed by atoms with E-state index in [1.54, 1.807) is 12.1 Å². The first-order chi connectivity index (χ1) is 15.1. The van der Waals surface area contributed by atoms with Gasteiger partial charge in [-0.05, 0) is 42.3 Å². The summed E-state index contributed by atoms with van der Waals surface area (Å²) >= 11 is 0. The normalized spacial score (nSPS) is 16.2. The van der Waals surface area contributed by atoms with Crippen molar-refractivity contribution in [3.8, 4) is 11.5 Å². The number of carbonyl (C=O) groups is 2. The second kappa shape index (κ2) is 9.46. The number of benzene rings is 2. The molecule has 0 aliphatic carbocycles. The van der Waals surface area contributed by atoms with Crippen LogP contribution >= 0.6 is 0 Å². The summed E-state index contributed by atoms with van der Waals surface area (Å²) in [5.41, 5.74) is -0.733. The van der Waals surface area contributed by atoms with Gasteiger partial charge in [0.25, 0.3) is 0 Å². The highest BCUT2D eigenvalue weighted by molar-refractivity contribution is 5.97. The number of hydrogen-bond acceptors (Lipinski definition) is 4. The lowest BCUT2D eigenvalue weighted by atomic mass is 10.1. The molecule has 1 aliphatic rings. The van der Waals surface area contributed by atoms with Crippen molar-refractivity contribution in [2.45, 2.75) is 19.0 Å². The molecule has 2 amide bonds. The molecule has 10 heteroatoms. The summed E-state index contributed by atoms with van der Waals surface area (Å²) in [4.78, 5) is 26.3. The molecular formula is C22H22F4N2O4. The minimum absolute atomic E-state index is 0.0505. The molecule has 3 rings (SSSR count). The van der Waals surface area contributed by atoms with Crippen molar-refractivity contribution in [2.75, 3.05) is 32.6 Å². The highest BCUT2D eigenvalue weighted by Gasteiger charge is 2.36. The molecule has 1 atom stereocenters. The maximum absolute atomic E-state index is 13.4. The average Bonchev–Trinajstić information content (AvgIpc) is 3.13. The standard InChI is InChI=1S/C22H22F4N2O4/c1-31-18-6-3-13(9-19(18)32-2)7-8-28-12-14(10-20(28)29)21(30)27-15-4-5-17(23)16(11-15)22(24,25)26/h3-6,9,11,14H,7-8,10,12H2,1-2H3,(H,27,30). The number of methoxy groups -OCH3 is 2. The number of rotatable bonds is 7. The minimum Gasteiger partial charge on any atom is -0.493 e. The maximum Gasteiger partial charge on any atom is 0.419 e. The maximum atomic E-state index is 13.4. The molecule has 2 aromatic rings. The lowest BCUT2D eigenvalue weighted by Gasteiger charge is -2.17. The summed E-state index contributed by atoms with van der Waals surface area (Å²) < 4.78 is 62.5. The fourth-order valence-corrected chi connectivity index (χ4v) is 3.53. The van der Waals surface area contributed by atoms with Crippen LogP contribution in [0.15, 0.2) is 36.4 Å². The van der Waals surface area contributed by atoms with E-state index in [9.17, 15) is 27.2 Å². The summed E-state index contributed by atoms with van der Waals surface area (Å²) in [7, 11) is 3.05. The highest BCUT2D eigenvalue weighted by Crippen LogP contribution is 2.33. The van der Waals surface area contributed by atoms with Crippen molar-refractivity contribution in [3.63, 3.8) is 0 Å². The first-order valence-corrected chi connectivity index (χ1v) is 9.78. The van der Waals surface area contributed by atoms with E-state index >= 15 is 0 Å². The van der Waals surface area contributed by atoms with Gasteiger partial charge in [-0.25, -0.2) is 4.39 Å². The van der Waals surface area contributed by atoms with Gasteiger partial charge >= 0.3 is 6.18 Å². The van der Waals surface area contributed by atoms with E-state index in [2.05, 4.69) is 5.32 Å². The molecule has 1 unspecified atom stereocenters. The van der Waals surface area contributed by atoms with Crippen molar-refractivity contribution in [1.29, 1.82) is 0 Å². The van der Waals surface area contributed by atoms with Crippen molar-refractivity contribution in [2.24, 2.45) is 5.92 Å². The Morgan fingerprint density at radius 1 is 1.12 bits per heavy atom. The van der Waals surface area contributed by atoms with Crippen molar-refractivity contribution in [3.05, 3.63) is 53.3 Å². The van der Waals surface area contributed by atoms with Crippen LogP contribution in [-0.4, -0.2) is 44.0 Å². The second-order valence-corrected chi connectivity index (χ2v) is 7.36. The van der Waals surface area contributed by atoms with Crippen molar-refractivity contribution >= 4 is 17.5 Å². The van der Waals surface area contributed by atoms with Gasteiger partial charge in [0.2, 0.25) is 11.8 Å². The second-order valence-electron chi connectivity index (χ2n) is 7.36. The number of halogens is 4. The molecule has 172 valence electrons. The predicted octanol–water partition coefficient (Wildman–Crippen LogP) is 3.89. The molecule has 0 saturated carbocycles. The van der Waals surface area contributed by atoms with Crippen LogP contribution < -0.4 is 14.8 Å². The smallest absolute Gasteiger partial charge is 0.419 e. The van der Waals surface area contributed by atoms with Crippen LogP contribution in [0.4, 0.5) is 23.2 Å². The zero-order valence-corrected chi connectivity index (χ0v) is 17.5. The number of nitrogens with zero attached hydrogens (tertiary/aromatic N) is 1. The molecule has 32 heavy (non-hydrogen) atoms. The van der Waals surface area contributed by atoms with E-state index in [4.69, 9.17) is 9.47 Å². The molecule has 1 fully saturated rings. The van der Waals surface area contributed by atoms with E-state index in [1.165, 1.54) is 19.1 Å². The molecule has 1 heterocycles. The Hall–Kier alpha value is -3.30. The molecule has 6 nitrogen and oxygen atoms in total. The van der Waals surface area contributed by atoms with Gasteiger partial charge in [-0.2, -0.15) is 13.2 Å². The van der Waals surface area contributed by atoms with Crippen LogP contribution in [-0.2, 0) is 22.2 Å². The van der Waals surface area contributed by atoms with Gasteiger partial charge in [0.05, 0.1) is 25.7 Å². The fourth-order valence-electron chi connectivity index (χ4n) is 3.53. The first-order valence-electron chi connectivity index (χ1n) is 9.78. The molecule has 0 bridgehead atoms. The molecule has 2 aromatic carbocycles. The zero-order valence-electron chi connectivity index (χ0n) is 17.5. The van der Waals surface area contributed by atoms with Crippen molar-refractivity contribution in [1.82, 2.24) is 4.90 Å². The van der Waals surface area contributed by atoms with Crippen LogP contribution in [0.25, 0.3) is 0 Å². The Morgan fingerprint density at radius 2 is 1.84 bits per heavy atom. The number of hydrogen-bond donors (Lipinski definition) is 1. The Kier molecular flexibility index (Phi) is 6.90. The fraction of sp³-hybridized carbons (Fsp3) is 0.364. The van der Waals surface area contributed by atoms with Crippen LogP contribution in [0.1, 0.15) is 17.5 Å². The quantitative estimate of drug-likeness (QED) is 0.645. The molecule has 1 saturated heterocycles. The number of likely N-dealkylation sites (tertiary alicyclic amines) is 1. The molecule has 0 spiro atoms. The lowest BCUT2D eigenvalue weighted by Crippen LogP contribution is -2.30. The van der Waals surface area contributed by atoms with Crippen LogP contribution in [0.3, 0.4) is 0 Å². The van der Waals surface area contributed by atoms with Gasteiger partial charge in [-0.1, -0.05) is 6.07 Å². The number of anilines is 1. The molecule has 0 aromatic heterocycles. The summed E-state index contributed by atoms with van der Waals surface area (Å²) in [5.74, 6) is -1.81. The Labute approximate surface area is 182 Å². The number of ether oxygens (including phenoxy) is 2. The number of alkyl halides is 3. The van der Waals surface area contributed by atoms with Gasteiger partial charge in [0, 0.05) is 25.2 Å². The van der Waals surface area contributed by atoms with E-state index < -0.39 is 29.4 Å². The van der Waals surface area contributed by atoms with E-state index in [-0.39, 0.29) is 24.6 Å². The Bertz CT molecular complexity index is 1010. The van der Waals surface area contributed by atoms with Crippen LogP contribution in [0.5, 0.6) is 11.5 Å². The van der Waals surface area contributed by atoms with Gasteiger partial charge in [-0.3, -0.25) is 9.59 Å². The van der Waals surface area contributed by atoms with Gasteiger partial charge < -0.3 is 19.7 Å². The van der Waals surface area contributed by atoms with E-state index in [0.29, 0.717) is 36.6 Å². The molecular weight excluding hydrogens is 432 g/mol. The summed E-state index contributed by atoms with van der Waals surface area (Å²) in [6, 6.07) is 7.64. The average molecular weight is 454 g/mol. The van der Waals surface area contributed by atoms with Crippen LogP contribution in [0.2, 0.25) is 0 Å². The largest absolute Gasteiger partial charge is 0.493 e. The Balaban J connectivity index is 1.60. The summed E-state index contributed by atoms with van der Waals surface area (Å²) in [5, 5.41) is 2.35. The van der Waals surface area contributed by atoms with Gasteiger partial charge in [0.15, 0.2) is 11.5 Å². The topological polar surface area (TPSA) is 67.9 Å². The monoisotopic (exact) mass is 454 g/mol. The molecule has 0 radical (unpaired) electrons. The Morgan fingerprint density at radius 3 is 2.50 bits per heavy atom. The van der Waals surface area contributed by atoms with Crippen molar-refractivity contribution < 1.29 is 36.6 Å². The third-order valence-corrected chi connectivity index (χ3v) is 5.24. The first kappa shape index (κ1) is 23.4. The third kappa shape index (κ3) is 5.30.